The summed E-state index contributed by atoms with van der Waals surface area (Å²) in [6, 6.07) is 2.96. The minimum atomic E-state index is -0.292. The van der Waals surface area contributed by atoms with Crippen LogP contribution in [0.4, 0.5) is 0 Å². The molecule has 9 nitrogen and oxygen atoms in total. The number of nitrogens with zero attached hydrogens (tertiary/aromatic N) is 6. The highest BCUT2D eigenvalue weighted by Crippen LogP contribution is 2.58. The number of likely N-dealkylation sites (tertiary alicyclic amines) is 1. The molecule has 5 aliphatic rings. The fourth-order valence-corrected chi connectivity index (χ4v) is 9.52. The van der Waals surface area contributed by atoms with E-state index in [0.717, 1.165) is 74.4 Å². The Kier molecular flexibility index (Phi) is 8.73. The summed E-state index contributed by atoms with van der Waals surface area (Å²) >= 11 is 0. The minimum Gasteiger partial charge on any atom is -0.381 e. The molecule has 0 bridgehead atoms. The van der Waals surface area contributed by atoms with Crippen molar-refractivity contribution in [2.75, 3.05) is 41.3 Å². The molecule has 9 atom stereocenters. The third kappa shape index (κ3) is 5.75. The van der Waals surface area contributed by atoms with Gasteiger partial charge in [-0.15, -0.1) is 0 Å². The Hall–Kier alpha value is -3.38. The van der Waals surface area contributed by atoms with E-state index in [2.05, 4.69) is 71.8 Å². The number of piperidine rings is 1. The molecule has 0 spiro atoms. The summed E-state index contributed by atoms with van der Waals surface area (Å²) in [5, 5.41) is 21.6. The average Bonchev–Trinajstić information content (AvgIpc) is 3.52. The number of hydrogen-bond acceptors (Lipinski definition) is 7. The quantitative estimate of drug-likeness (QED) is 0.374. The first kappa shape index (κ1) is 31.6. The van der Waals surface area contributed by atoms with E-state index in [9.17, 15) is 10.1 Å². The number of aromatic amines is 1. The maximum absolute atomic E-state index is 13.1. The second-order valence-electron chi connectivity index (χ2n) is 14.8. The predicted octanol–water partition coefficient (Wildman–Crippen LogP) is 4.55. The van der Waals surface area contributed by atoms with E-state index in [4.69, 9.17) is 10.1 Å². The number of H-pyrrole nitrogens is 1. The molecule has 0 aromatic carbocycles. The fraction of sp³-hybridized carbons (Fsp3) is 0.667. The van der Waals surface area contributed by atoms with Crippen LogP contribution in [-0.4, -0.2) is 89.2 Å². The molecular formula is C36H52N8O. The van der Waals surface area contributed by atoms with Crippen LogP contribution in [0.1, 0.15) is 63.0 Å². The number of carbonyl (C=O) groups is 1. The highest BCUT2D eigenvalue weighted by molar-refractivity contribution is 5.96. The molecule has 4 fully saturated rings. The van der Waals surface area contributed by atoms with Crippen LogP contribution in [0.2, 0.25) is 0 Å². The number of nitriles is 1. The smallest absolute Gasteiger partial charge is 0.253 e. The predicted molar refractivity (Wildman–Crippen MR) is 176 cm³/mol. The number of aryl methyl sites for hydroxylation is 1. The van der Waals surface area contributed by atoms with E-state index in [0.29, 0.717) is 36.3 Å². The lowest BCUT2D eigenvalue weighted by molar-refractivity contribution is -0.124. The van der Waals surface area contributed by atoms with Gasteiger partial charge in [-0.05, 0) is 100 Å². The van der Waals surface area contributed by atoms with Gasteiger partial charge >= 0.3 is 0 Å². The third-order valence-electron chi connectivity index (χ3n) is 11.8. The van der Waals surface area contributed by atoms with Crippen molar-refractivity contribution in [3.05, 3.63) is 60.0 Å². The van der Waals surface area contributed by atoms with Crippen LogP contribution in [0.15, 0.2) is 48.4 Å². The van der Waals surface area contributed by atoms with E-state index in [1.165, 1.54) is 12.1 Å². The van der Waals surface area contributed by atoms with E-state index in [-0.39, 0.29) is 29.2 Å². The Morgan fingerprint density at radius 3 is 2.62 bits per heavy atom. The number of fused-ring (bicyclic) bond motifs is 3. The zero-order valence-corrected chi connectivity index (χ0v) is 27.9. The number of likely N-dealkylation sites (N-methyl/N-ethyl adjacent to an activating group) is 1. The molecule has 1 aromatic heterocycles. The Labute approximate surface area is 269 Å². The van der Waals surface area contributed by atoms with Gasteiger partial charge in [-0.1, -0.05) is 31.4 Å². The molecule has 2 heterocycles. The number of amides is 1. The van der Waals surface area contributed by atoms with E-state index in [1.807, 2.05) is 21.0 Å². The monoisotopic (exact) mass is 612 g/mol. The maximum atomic E-state index is 13.1. The second kappa shape index (κ2) is 12.4. The van der Waals surface area contributed by atoms with Gasteiger partial charge in [-0.2, -0.15) is 10.4 Å². The summed E-state index contributed by atoms with van der Waals surface area (Å²) in [7, 11) is 7.87. The SMILES string of the molecule is C=C(C1CCC2C(CCC3C=C(C(=O)N(C)C)C=CC3C2(CCNCC(=C)N2[C@H](C#N)C[C@@H]3C[C@@H]32)c2n[nH]c(C)n2)C1)N(C)C. The minimum absolute atomic E-state index is 0.0423. The molecule has 0 radical (unpaired) electrons. The van der Waals surface area contributed by atoms with Gasteiger partial charge in [-0.25, -0.2) is 4.98 Å². The molecule has 4 aliphatic carbocycles. The van der Waals surface area contributed by atoms with Crippen LogP contribution < -0.4 is 5.32 Å². The lowest BCUT2D eigenvalue weighted by Gasteiger charge is -2.50. The molecule has 3 saturated carbocycles. The normalized spacial score (nSPS) is 34.8. The van der Waals surface area contributed by atoms with Crippen LogP contribution in [0.3, 0.4) is 0 Å². The number of hydrogen-bond donors (Lipinski definition) is 2. The van der Waals surface area contributed by atoms with Crippen molar-refractivity contribution < 1.29 is 4.79 Å². The molecule has 1 aliphatic heterocycles. The molecule has 2 N–H and O–H groups in total. The van der Waals surface area contributed by atoms with Gasteiger partial charge in [0.25, 0.3) is 5.91 Å². The van der Waals surface area contributed by atoms with Crippen molar-refractivity contribution in [2.24, 2.45) is 35.5 Å². The van der Waals surface area contributed by atoms with Gasteiger partial charge < -0.3 is 20.0 Å². The number of allylic oxidation sites excluding steroid dienone is 3. The summed E-state index contributed by atoms with van der Waals surface area (Å²) in [6.07, 6.45) is 15.2. The van der Waals surface area contributed by atoms with Gasteiger partial charge in [0.15, 0.2) is 5.82 Å². The van der Waals surface area contributed by atoms with Gasteiger partial charge in [0, 0.05) is 63.2 Å². The molecule has 6 rings (SSSR count). The topological polar surface area (TPSA) is 104 Å². The number of carbonyl (C=O) groups excluding carboxylic acids is 1. The lowest BCUT2D eigenvalue weighted by atomic mass is 9.54. The Balaban J connectivity index is 1.31. The summed E-state index contributed by atoms with van der Waals surface area (Å²) in [5.74, 6) is 4.31. The lowest BCUT2D eigenvalue weighted by Crippen LogP contribution is -2.50. The third-order valence-corrected chi connectivity index (χ3v) is 11.8. The van der Waals surface area contributed by atoms with Gasteiger partial charge in [0.05, 0.1) is 6.07 Å². The highest BCUT2D eigenvalue weighted by atomic mass is 16.2. The molecule has 242 valence electrons. The van der Waals surface area contributed by atoms with Gasteiger partial charge in [0.2, 0.25) is 0 Å². The first-order valence-corrected chi connectivity index (χ1v) is 17.0. The summed E-state index contributed by atoms with van der Waals surface area (Å²) < 4.78 is 0. The van der Waals surface area contributed by atoms with E-state index >= 15 is 0 Å². The average molecular weight is 613 g/mol. The number of aromatic nitrogens is 3. The second-order valence-corrected chi connectivity index (χ2v) is 14.8. The van der Waals surface area contributed by atoms with E-state index in [1.54, 1.807) is 4.90 Å². The standard InChI is InChI=1S/C36H52N8O/c1-22(44-30(20-37)18-29-19-33(29)44)21-38-15-14-36(35-39-24(3)40-41-35)31-12-10-25(23(2)42(4)5)16-26(31)8-9-27-17-28(11-13-32(27)36)34(45)43(6)7/h11,13,17,25-27,29-33,38H,1-2,8-10,12,14-16,18-19,21H2,3-7H3,(H,39,40,41)/t25?,26?,27?,29-,30+,31?,32?,33+,36?/m1/s1. The van der Waals surface area contributed by atoms with Crippen molar-refractivity contribution in [1.82, 2.24) is 35.2 Å². The zero-order valence-electron chi connectivity index (χ0n) is 27.9. The molecule has 1 saturated heterocycles. The van der Waals surface area contributed by atoms with Gasteiger partial charge in [-0.3, -0.25) is 9.89 Å². The van der Waals surface area contributed by atoms with Crippen molar-refractivity contribution in [2.45, 2.75) is 75.8 Å². The van der Waals surface area contributed by atoms with Crippen molar-refractivity contribution in [1.29, 1.82) is 5.26 Å². The largest absolute Gasteiger partial charge is 0.381 e. The Morgan fingerprint density at radius 1 is 1.13 bits per heavy atom. The summed E-state index contributed by atoms with van der Waals surface area (Å²) in [5.41, 5.74) is 2.75. The highest BCUT2D eigenvalue weighted by Gasteiger charge is 2.56. The summed E-state index contributed by atoms with van der Waals surface area (Å²) in [6.45, 7) is 12.4. The van der Waals surface area contributed by atoms with Crippen LogP contribution in [0, 0.1) is 53.8 Å². The van der Waals surface area contributed by atoms with Crippen molar-refractivity contribution in [3.63, 3.8) is 0 Å². The number of rotatable bonds is 10. The Bertz CT molecular complexity index is 1420. The van der Waals surface area contributed by atoms with Crippen LogP contribution in [0.5, 0.6) is 0 Å². The van der Waals surface area contributed by atoms with Crippen LogP contribution in [0.25, 0.3) is 0 Å². The molecule has 9 heteroatoms. The molecule has 1 aromatic rings. The Morgan fingerprint density at radius 2 is 1.93 bits per heavy atom. The first-order chi connectivity index (χ1) is 21.5. The zero-order chi connectivity index (χ0) is 32.0. The number of nitrogens with one attached hydrogen (secondary N) is 2. The van der Waals surface area contributed by atoms with Crippen molar-refractivity contribution >= 4 is 5.91 Å². The van der Waals surface area contributed by atoms with Crippen LogP contribution >= 0.6 is 0 Å². The molecule has 1 amide bonds. The van der Waals surface area contributed by atoms with Crippen LogP contribution in [-0.2, 0) is 10.2 Å². The molecular weight excluding hydrogens is 560 g/mol. The fourth-order valence-electron chi connectivity index (χ4n) is 9.52. The summed E-state index contributed by atoms with van der Waals surface area (Å²) in [4.78, 5) is 24.3. The van der Waals surface area contributed by atoms with Crippen molar-refractivity contribution in [3.8, 4) is 6.07 Å². The molecule has 45 heavy (non-hydrogen) atoms. The van der Waals surface area contributed by atoms with E-state index < -0.39 is 0 Å². The van der Waals surface area contributed by atoms with Gasteiger partial charge in [0.1, 0.15) is 11.9 Å². The molecule has 6 unspecified atom stereocenters. The maximum Gasteiger partial charge on any atom is 0.253 e. The first-order valence-electron chi connectivity index (χ1n) is 17.0.